The average Bonchev–Trinajstić information content (AvgIpc) is 3.49. The molecule has 2 aromatic carbocycles. The molecule has 4 heteroatoms. The highest BCUT2D eigenvalue weighted by Crippen LogP contribution is 2.71. The van der Waals surface area contributed by atoms with Gasteiger partial charge in [-0.25, -0.2) is 4.79 Å². The molecular formula is C47H68N2O2. The molecule has 3 saturated carbocycles. The van der Waals surface area contributed by atoms with Crippen LogP contribution in [0.4, 0.5) is 5.69 Å². The molecule has 4 aliphatic carbocycles. The number of carboxylic acid groups (broad SMARTS) is 1. The summed E-state index contributed by atoms with van der Waals surface area (Å²) < 4.78 is 0. The number of para-hydroxylation sites is 1. The Morgan fingerprint density at radius 2 is 1.71 bits per heavy atom. The van der Waals surface area contributed by atoms with Crippen LogP contribution in [0.15, 0.2) is 72.8 Å². The van der Waals surface area contributed by atoms with E-state index >= 15 is 0 Å². The Morgan fingerprint density at radius 3 is 2.39 bits per heavy atom. The smallest absolute Gasteiger partial charge is 0.335 e. The van der Waals surface area contributed by atoms with Crippen molar-refractivity contribution in [3.63, 3.8) is 0 Å². The molecule has 4 aliphatic rings. The number of hydrogen-bond donors (Lipinski definition) is 2. The first-order valence-electron chi connectivity index (χ1n) is 20.4. The van der Waals surface area contributed by atoms with Crippen LogP contribution in [0, 0.1) is 51.2 Å². The zero-order chi connectivity index (χ0) is 36.6. The van der Waals surface area contributed by atoms with E-state index in [4.69, 9.17) is 0 Å². The third-order valence-electron chi connectivity index (χ3n) is 15.7. The van der Waals surface area contributed by atoms with Crippen LogP contribution in [0.3, 0.4) is 0 Å². The van der Waals surface area contributed by atoms with Crippen molar-refractivity contribution in [2.45, 2.75) is 112 Å². The summed E-state index contributed by atoms with van der Waals surface area (Å²) in [6, 6.07) is 18.4. The molecule has 0 bridgehead atoms. The van der Waals surface area contributed by atoms with Crippen LogP contribution < -0.4 is 10.2 Å². The normalized spacial score (nSPS) is 34.3. The van der Waals surface area contributed by atoms with E-state index in [1.807, 2.05) is 12.1 Å². The third-order valence-corrected chi connectivity index (χ3v) is 15.7. The van der Waals surface area contributed by atoms with E-state index in [-0.39, 0.29) is 5.41 Å². The quantitative estimate of drug-likeness (QED) is 0.162. The standard InChI is InChI=1S/C47H68N2O2/c1-33(2)38-23-27-47(32-48-30-13-31-49(8)37-14-10-9-11-15-37)29-28-46(7)41(42(38)47)16-12-25-45(46,6)26-24-39-34(3)17-22-40(44(39,4)5)35-18-20-36(21-19-35)43(50)51/h9-11,14-15,18-22,34,38-39,41-42,48H,1,12-13,16-17,23-32H2,2-8H3,(H,50,51). The van der Waals surface area contributed by atoms with Crippen molar-refractivity contribution >= 4 is 17.2 Å². The van der Waals surface area contributed by atoms with Crippen LogP contribution in [0.2, 0.25) is 0 Å². The second-order valence-electron chi connectivity index (χ2n) is 18.7. The topological polar surface area (TPSA) is 52.6 Å². The minimum atomic E-state index is -0.858. The van der Waals surface area contributed by atoms with Gasteiger partial charge in [-0.05, 0) is 164 Å². The molecule has 0 spiro atoms. The lowest BCUT2D eigenvalue weighted by Crippen LogP contribution is -2.58. The van der Waals surface area contributed by atoms with Crippen molar-refractivity contribution in [2.75, 3.05) is 31.6 Å². The predicted molar refractivity (Wildman–Crippen MR) is 215 cm³/mol. The van der Waals surface area contributed by atoms with Crippen molar-refractivity contribution < 1.29 is 9.90 Å². The number of nitrogens with one attached hydrogen (secondary N) is 1. The molecule has 0 aromatic heterocycles. The summed E-state index contributed by atoms with van der Waals surface area (Å²) in [4.78, 5) is 13.9. The molecule has 278 valence electrons. The Morgan fingerprint density at radius 1 is 0.980 bits per heavy atom. The van der Waals surface area contributed by atoms with Crippen LogP contribution in [0.25, 0.3) is 5.57 Å². The largest absolute Gasteiger partial charge is 0.478 e. The number of rotatable bonds is 13. The van der Waals surface area contributed by atoms with Gasteiger partial charge in [0.15, 0.2) is 0 Å². The van der Waals surface area contributed by atoms with Crippen LogP contribution in [0.1, 0.15) is 128 Å². The molecule has 6 rings (SSSR count). The monoisotopic (exact) mass is 693 g/mol. The number of nitrogens with zero attached hydrogens (tertiary/aromatic N) is 1. The van der Waals surface area contributed by atoms with E-state index in [0.717, 1.165) is 44.3 Å². The van der Waals surface area contributed by atoms with Gasteiger partial charge in [0, 0.05) is 25.8 Å². The number of carbonyl (C=O) groups is 1. The Hall–Kier alpha value is -2.85. The highest BCUT2D eigenvalue weighted by molar-refractivity contribution is 5.88. The highest BCUT2D eigenvalue weighted by Gasteiger charge is 2.63. The molecule has 0 aliphatic heterocycles. The molecule has 8 unspecified atom stereocenters. The van der Waals surface area contributed by atoms with Gasteiger partial charge >= 0.3 is 5.97 Å². The van der Waals surface area contributed by atoms with E-state index in [2.05, 4.69) is 102 Å². The van der Waals surface area contributed by atoms with E-state index < -0.39 is 5.97 Å². The van der Waals surface area contributed by atoms with E-state index in [9.17, 15) is 9.90 Å². The first-order valence-corrected chi connectivity index (χ1v) is 20.4. The first kappa shape index (κ1) is 37.9. The van der Waals surface area contributed by atoms with Gasteiger partial charge in [0.25, 0.3) is 0 Å². The third kappa shape index (κ3) is 7.12. The Bertz CT molecular complexity index is 1560. The van der Waals surface area contributed by atoms with Crippen LogP contribution in [-0.2, 0) is 0 Å². The van der Waals surface area contributed by atoms with E-state index in [0.29, 0.717) is 39.6 Å². The molecule has 0 amide bonds. The second kappa shape index (κ2) is 14.9. The van der Waals surface area contributed by atoms with Crippen molar-refractivity contribution in [3.05, 3.63) is 84.0 Å². The maximum absolute atomic E-state index is 11.5. The molecule has 4 nitrogen and oxygen atoms in total. The minimum absolute atomic E-state index is 0.0352. The Labute approximate surface area is 310 Å². The SMILES string of the molecule is C=C(C)C1CCC2(CNCCCN(C)c3ccccc3)CCC3(C)C(CCCC3(C)CCC3C(C)CC=C(c4ccc(C(=O)O)cc4)C3(C)C)C12. The summed E-state index contributed by atoms with van der Waals surface area (Å²) in [6.45, 7) is 23.1. The zero-order valence-corrected chi connectivity index (χ0v) is 33.1. The molecule has 0 radical (unpaired) electrons. The average molecular weight is 693 g/mol. The summed E-state index contributed by atoms with van der Waals surface area (Å²) in [5.41, 5.74) is 6.79. The van der Waals surface area contributed by atoms with Gasteiger partial charge in [-0.1, -0.05) is 89.6 Å². The fraction of sp³-hybridized carbons (Fsp3) is 0.638. The number of benzene rings is 2. The van der Waals surface area contributed by atoms with Crippen molar-refractivity contribution in [1.29, 1.82) is 0 Å². The molecule has 0 saturated heterocycles. The fourth-order valence-electron chi connectivity index (χ4n) is 12.4. The fourth-order valence-corrected chi connectivity index (χ4v) is 12.4. The van der Waals surface area contributed by atoms with Crippen LogP contribution in [0.5, 0.6) is 0 Å². The summed E-state index contributed by atoms with van der Waals surface area (Å²) in [6.07, 6.45) is 16.7. The van der Waals surface area contributed by atoms with Crippen molar-refractivity contribution in [3.8, 4) is 0 Å². The lowest BCUT2D eigenvalue weighted by molar-refractivity contribution is -0.143. The highest BCUT2D eigenvalue weighted by atomic mass is 16.4. The first-order chi connectivity index (χ1) is 24.2. The van der Waals surface area contributed by atoms with Crippen molar-refractivity contribution in [1.82, 2.24) is 5.32 Å². The molecule has 51 heavy (non-hydrogen) atoms. The van der Waals surface area contributed by atoms with Gasteiger partial charge in [-0.3, -0.25) is 0 Å². The van der Waals surface area contributed by atoms with E-state index in [1.165, 1.54) is 80.2 Å². The molecule has 0 heterocycles. The van der Waals surface area contributed by atoms with Gasteiger partial charge in [-0.2, -0.15) is 0 Å². The van der Waals surface area contributed by atoms with Gasteiger partial charge in [-0.15, -0.1) is 0 Å². The number of allylic oxidation sites excluding steroid dienone is 3. The number of fused-ring (bicyclic) bond motifs is 3. The van der Waals surface area contributed by atoms with Crippen molar-refractivity contribution in [2.24, 2.45) is 51.2 Å². The maximum atomic E-state index is 11.5. The summed E-state index contributed by atoms with van der Waals surface area (Å²) in [7, 11) is 2.22. The summed E-state index contributed by atoms with van der Waals surface area (Å²) in [5.74, 6) is 2.53. The Kier molecular flexibility index (Phi) is 11.1. The molecular weight excluding hydrogens is 625 g/mol. The molecule has 2 aromatic rings. The number of hydrogen-bond acceptors (Lipinski definition) is 3. The van der Waals surface area contributed by atoms with E-state index in [1.54, 1.807) is 12.1 Å². The number of aromatic carboxylic acids is 1. The zero-order valence-electron chi connectivity index (χ0n) is 33.1. The molecule has 8 atom stereocenters. The molecule has 2 N–H and O–H groups in total. The summed E-state index contributed by atoms with van der Waals surface area (Å²) in [5, 5.41) is 13.5. The Balaban J connectivity index is 1.15. The lowest BCUT2D eigenvalue weighted by atomic mass is 9.41. The maximum Gasteiger partial charge on any atom is 0.335 e. The number of carboxylic acids is 1. The molecule has 3 fully saturated rings. The van der Waals surface area contributed by atoms with Gasteiger partial charge < -0.3 is 15.3 Å². The second-order valence-corrected chi connectivity index (χ2v) is 18.7. The van der Waals surface area contributed by atoms with Gasteiger partial charge in [0.2, 0.25) is 0 Å². The predicted octanol–water partition coefficient (Wildman–Crippen LogP) is 11.5. The van der Waals surface area contributed by atoms with Gasteiger partial charge in [0.1, 0.15) is 0 Å². The number of anilines is 1. The van der Waals surface area contributed by atoms with Crippen LogP contribution in [-0.4, -0.2) is 37.8 Å². The lowest BCUT2D eigenvalue weighted by Gasteiger charge is -2.64. The van der Waals surface area contributed by atoms with Gasteiger partial charge in [0.05, 0.1) is 5.56 Å². The van der Waals surface area contributed by atoms with Crippen LogP contribution >= 0.6 is 0 Å². The minimum Gasteiger partial charge on any atom is -0.478 e. The summed E-state index contributed by atoms with van der Waals surface area (Å²) >= 11 is 0.